The molecule has 3 aromatic rings. The molecule has 1 amide bonds. The summed E-state index contributed by atoms with van der Waals surface area (Å²) in [6.45, 7) is 8.78. The third kappa shape index (κ3) is 5.37. The van der Waals surface area contributed by atoms with Crippen molar-refractivity contribution < 1.29 is 9.18 Å². The average molecular weight is 504 g/mol. The summed E-state index contributed by atoms with van der Waals surface area (Å²) >= 11 is 12.5. The van der Waals surface area contributed by atoms with Crippen molar-refractivity contribution in [1.29, 1.82) is 0 Å². The zero-order chi connectivity index (χ0) is 24.2. The molecule has 1 fully saturated rings. The second-order valence-corrected chi connectivity index (χ2v) is 9.20. The van der Waals surface area contributed by atoms with Gasteiger partial charge in [-0.25, -0.2) is 9.37 Å². The predicted molar refractivity (Wildman–Crippen MR) is 135 cm³/mol. The first-order valence-electron chi connectivity index (χ1n) is 11.4. The van der Waals surface area contributed by atoms with Gasteiger partial charge in [0, 0.05) is 38.4 Å². The summed E-state index contributed by atoms with van der Waals surface area (Å²) in [6.07, 6.45) is 0.848. The molecule has 0 aliphatic carbocycles. The van der Waals surface area contributed by atoms with Gasteiger partial charge in [0.25, 0.3) is 5.91 Å². The minimum atomic E-state index is -0.299. The molecule has 2 heterocycles. The van der Waals surface area contributed by atoms with Gasteiger partial charge in [0.2, 0.25) is 0 Å². The monoisotopic (exact) mass is 503 g/mol. The van der Waals surface area contributed by atoms with E-state index in [2.05, 4.69) is 20.1 Å². The Kier molecular flexibility index (Phi) is 7.76. The van der Waals surface area contributed by atoms with Gasteiger partial charge in [0.05, 0.1) is 21.4 Å². The maximum Gasteiger partial charge on any atom is 0.271 e. The normalized spacial score (nSPS) is 14.4. The Bertz CT molecular complexity index is 1160. The van der Waals surface area contributed by atoms with Crippen molar-refractivity contribution in [3.05, 3.63) is 75.5 Å². The van der Waals surface area contributed by atoms with Crippen LogP contribution in [0.15, 0.2) is 42.5 Å². The van der Waals surface area contributed by atoms with Crippen LogP contribution in [0.2, 0.25) is 10.0 Å². The highest BCUT2D eigenvalue weighted by atomic mass is 35.5. The van der Waals surface area contributed by atoms with Crippen LogP contribution >= 0.6 is 23.2 Å². The summed E-state index contributed by atoms with van der Waals surface area (Å²) in [6, 6.07) is 11.9. The first-order chi connectivity index (χ1) is 16.3. The number of piperazine rings is 1. The van der Waals surface area contributed by atoms with Crippen LogP contribution in [0.3, 0.4) is 0 Å². The van der Waals surface area contributed by atoms with E-state index in [9.17, 15) is 9.18 Å². The number of nitrogens with one attached hydrogen (secondary N) is 1. The Balaban J connectivity index is 1.25. The van der Waals surface area contributed by atoms with Crippen LogP contribution in [0.25, 0.3) is 5.69 Å². The van der Waals surface area contributed by atoms with Crippen molar-refractivity contribution in [2.75, 3.05) is 44.2 Å². The van der Waals surface area contributed by atoms with Crippen LogP contribution in [-0.4, -0.2) is 59.6 Å². The largest absolute Gasteiger partial charge is 0.368 e. The molecule has 34 heavy (non-hydrogen) atoms. The number of aromatic nitrogens is 2. The molecule has 0 radical (unpaired) electrons. The highest BCUT2D eigenvalue weighted by Gasteiger charge is 2.21. The number of rotatable bonds is 7. The van der Waals surface area contributed by atoms with Gasteiger partial charge in [0.1, 0.15) is 17.3 Å². The van der Waals surface area contributed by atoms with E-state index in [1.54, 1.807) is 18.2 Å². The fourth-order valence-corrected chi connectivity index (χ4v) is 4.78. The molecule has 6 nitrogen and oxygen atoms in total. The number of nitrogens with zero attached hydrogens (tertiary/aromatic N) is 4. The molecule has 0 unspecified atom stereocenters. The molecule has 0 atom stereocenters. The molecular formula is C25H28Cl2FN5O. The third-order valence-electron chi connectivity index (χ3n) is 6.16. The highest BCUT2D eigenvalue weighted by molar-refractivity contribution is 6.43. The summed E-state index contributed by atoms with van der Waals surface area (Å²) in [5.41, 5.74) is 2.89. The Morgan fingerprint density at radius 2 is 1.76 bits per heavy atom. The van der Waals surface area contributed by atoms with Crippen LogP contribution in [0.1, 0.15) is 28.4 Å². The van der Waals surface area contributed by atoms with Gasteiger partial charge in [-0.2, -0.15) is 0 Å². The standard InChI is InChI=1S/C25H28Cl2FN5O/c1-17-24(30-18(2)33(17)20-9-7-19(28)8-10-20)25(34)29-11-4-12-31-13-15-32(16-14-31)22-6-3-5-21(26)23(22)27/h3,5-10H,4,11-16H2,1-2H3,(H,29,34). The summed E-state index contributed by atoms with van der Waals surface area (Å²) < 4.78 is 15.1. The Hall–Kier alpha value is -2.61. The molecule has 0 spiro atoms. The van der Waals surface area contributed by atoms with Crippen LogP contribution in [0, 0.1) is 19.7 Å². The first-order valence-corrected chi connectivity index (χ1v) is 12.1. The summed E-state index contributed by atoms with van der Waals surface area (Å²) in [7, 11) is 0. The fourth-order valence-electron chi connectivity index (χ4n) is 4.36. The molecule has 1 aliphatic rings. The van der Waals surface area contributed by atoms with Crippen molar-refractivity contribution in [2.45, 2.75) is 20.3 Å². The molecule has 2 aromatic carbocycles. The topological polar surface area (TPSA) is 53.4 Å². The Labute approximate surface area is 209 Å². The molecule has 0 saturated carbocycles. The minimum Gasteiger partial charge on any atom is -0.368 e. The lowest BCUT2D eigenvalue weighted by atomic mass is 10.2. The Morgan fingerprint density at radius 3 is 2.47 bits per heavy atom. The second-order valence-electron chi connectivity index (χ2n) is 8.42. The van der Waals surface area contributed by atoms with E-state index >= 15 is 0 Å². The third-order valence-corrected chi connectivity index (χ3v) is 6.97. The van der Waals surface area contributed by atoms with Gasteiger partial charge in [-0.15, -0.1) is 0 Å². The second kappa shape index (κ2) is 10.8. The predicted octanol–water partition coefficient (Wildman–Crippen LogP) is 4.88. The van der Waals surface area contributed by atoms with E-state index in [1.165, 1.54) is 12.1 Å². The van der Waals surface area contributed by atoms with E-state index in [-0.39, 0.29) is 11.7 Å². The number of amides is 1. The molecule has 9 heteroatoms. The van der Waals surface area contributed by atoms with Gasteiger partial charge in [-0.1, -0.05) is 29.3 Å². The average Bonchev–Trinajstić information content (AvgIpc) is 3.13. The van der Waals surface area contributed by atoms with Crippen molar-refractivity contribution in [3.63, 3.8) is 0 Å². The summed E-state index contributed by atoms with van der Waals surface area (Å²) in [5, 5.41) is 4.16. The van der Waals surface area contributed by atoms with Crippen LogP contribution in [0.4, 0.5) is 10.1 Å². The quantitative estimate of drug-likeness (QED) is 0.467. The number of benzene rings is 2. The van der Waals surface area contributed by atoms with Crippen molar-refractivity contribution in [2.24, 2.45) is 0 Å². The number of hydrogen-bond acceptors (Lipinski definition) is 4. The highest BCUT2D eigenvalue weighted by Crippen LogP contribution is 2.32. The lowest BCUT2D eigenvalue weighted by Crippen LogP contribution is -2.47. The van der Waals surface area contributed by atoms with Gasteiger partial charge in [-0.3, -0.25) is 9.69 Å². The smallest absolute Gasteiger partial charge is 0.271 e. The fraction of sp³-hybridized carbons (Fsp3) is 0.360. The van der Waals surface area contributed by atoms with E-state index in [0.29, 0.717) is 28.1 Å². The van der Waals surface area contributed by atoms with Crippen LogP contribution < -0.4 is 10.2 Å². The molecule has 1 N–H and O–H groups in total. The van der Waals surface area contributed by atoms with Crippen molar-refractivity contribution >= 4 is 34.8 Å². The molecule has 1 saturated heterocycles. The van der Waals surface area contributed by atoms with Gasteiger partial charge in [0.15, 0.2) is 0 Å². The Morgan fingerprint density at radius 1 is 1.06 bits per heavy atom. The summed E-state index contributed by atoms with van der Waals surface area (Å²) in [5.74, 6) is 0.195. The van der Waals surface area contributed by atoms with E-state index in [1.807, 2.05) is 30.5 Å². The van der Waals surface area contributed by atoms with Crippen molar-refractivity contribution in [1.82, 2.24) is 19.8 Å². The van der Waals surface area contributed by atoms with Crippen LogP contribution in [-0.2, 0) is 0 Å². The first kappa shape index (κ1) is 24.5. The number of halogens is 3. The number of carbonyl (C=O) groups excluding carboxylic acids is 1. The zero-order valence-corrected chi connectivity index (χ0v) is 20.8. The molecule has 180 valence electrons. The number of anilines is 1. The van der Waals surface area contributed by atoms with E-state index in [0.717, 1.165) is 56.2 Å². The maximum atomic E-state index is 13.3. The number of carbonyl (C=O) groups is 1. The number of imidazole rings is 1. The van der Waals surface area contributed by atoms with E-state index in [4.69, 9.17) is 23.2 Å². The lowest BCUT2D eigenvalue weighted by molar-refractivity contribution is 0.0946. The molecular weight excluding hydrogens is 476 g/mol. The molecule has 1 aliphatic heterocycles. The van der Waals surface area contributed by atoms with E-state index < -0.39 is 0 Å². The van der Waals surface area contributed by atoms with Gasteiger partial charge < -0.3 is 14.8 Å². The van der Waals surface area contributed by atoms with Gasteiger partial charge >= 0.3 is 0 Å². The molecule has 1 aromatic heterocycles. The number of hydrogen-bond donors (Lipinski definition) is 1. The van der Waals surface area contributed by atoms with Gasteiger partial charge in [-0.05, 0) is 63.2 Å². The lowest BCUT2D eigenvalue weighted by Gasteiger charge is -2.36. The van der Waals surface area contributed by atoms with Crippen LogP contribution in [0.5, 0.6) is 0 Å². The maximum absolute atomic E-state index is 13.3. The molecule has 4 rings (SSSR count). The zero-order valence-electron chi connectivity index (χ0n) is 19.3. The van der Waals surface area contributed by atoms with Crippen molar-refractivity contribution in [3.8, 4) is 5.69 Å². The summed E-state index contributed by atoms with van der Waals surface area (Å²) in [4.78, 5) is 21.8. The number of aryl methyl sites for hydroxylation is 1. The minimum absolute atomic E-state index is 0.193. The molecule has 0 bridgehead atoms. The SMILES string of the molecule is Cc1nc(C(=O)NCCCN2CCN(c3cccc(Cl)c3Cl)CC2)c(C)n1-c1ccc(F)cc1.